The molecular weight excluding hydrogens is 888 g/mol. The van der Waals surface area contributed by atoms with Gasteiger partial charge in [0.05, 0.1) is 39.9 Å². The number of amides is 1. The lowest BCUT2D eigenvalue weighted by atomic mass is 10.0. The van der Waals surface area contributed by atoms with E-state index < -0.39 is 20.0 Å². The fourth-order valence-electron chi connectivity index (χ4n) is 7.84. The summed E-state index contributed by atoms with van der Waals surface area (Å²) in [5, 5.41) is 13.9. The van der Waals surface area contributed by atoms with Gasteiger partial charge in [0.15, 0.2) is 0 Å². The van der Waals surface area contributed by atoms with Crippen molar-refractivity contribution in [3.05, 3.63) is 97.2 Å². The monoisotopic (exact) mass is 997 g/mol. The van der Waals surface area contributed by atoms with Crippen LogP contribution in [0.15, 0.2) is 97.2 Å². The third-order valence-corrected chi connectivity index (χ3v) is 13.3. The average Bonchev–Trinajstić information content (AvgIpc) is 3.32. The van der Waals surface area contributed by atoms with Crippen LogP contribution in [-0.2, 0) is 18.4 Å². The van der Waals surface area contributed by atoms with Crippen LogP contribution in [0.3, 0.4) is 0 Å². The molecule has 3 unspecified atom stereocenters. The minimum Gasteiger partial charge on any atom is -0.756 e. The number of phosphoric ester groups is 1. The number of hydrogen-bond donors (Lipinski definition) is 2. The Balaban J connectivity index is 4.16. The molecule has 0 aliphatic rings. The first-order valence-electron chi connectivity index (χ1n) is 28.6. The van der Waals surface area contributed by atoms with Crippen LogP contribution in [0.4, 0.5) is 0 Å². The normalized spacial score (nSPS) is 14.7. The molecule has 0 aliphatic carbocycles. The molecule has 0 aromatic rings. The SMILES string of the molecule is CC/C=C\C/C=C\C/C=C\C/C=C\C/C=C\C/C=C\C/C=C\CCCCCCCCCCCCCC(=O)NC(COP(=O)([O-])OCC[N+](C)(C)C)C(O)/C=C/CCCCCCCCCCCCCCC. The standard InChI is InChI=1S/C61H109N2O6P/c1-6-8-10-12-14-16-18-20-22-23-24-25-26-27-28-29-30-31-32-33-34-35-36-37-38-39-41-43-45-47-49-51-53-55-61(65)62-59(58-69-70(66,67)68-57-56-63(3,4)5)60(64)54-52-50-48-46-44-42-40-21-19-17-15-13-11-9-7-2/h8,10,14,16,20,22,24-25,27-28,30-31,33-34,52,54,59-60,64H,6-7,9,11-13,15,17-19,21,23,26,29,32,35-51,53,55-58H2,1-5H3,(H-,62,65,66,67)/b10-8-,16-14-,22-20-,25-24-,28-27-,31-30-,34-33-,54-52+. The molecule has 0 saturated carbocycles. The Hall–Kier alpha value is -2.58. The Bertz CT molecular complexity index is 1460. The summed E-state index contributed by atoms with van der Waals surface area (Å²) in [5.74, 6) is -0.204. The maximum Gasteiger partial charge on any atom is 0.268 e. The van der Waals surface area contributed by atoms with Gasteiger partial charge in [0, 0.05) is 6.42 Å². The summed E-state index contributed by atoms with van der Waals surface area (Å²) < 4.78 is 23.3. The number of aliphatic hydroxyl groups is 1. The Morgan fingerprint density at radius 1 is 0.514 bits per heavy atom. The molecule has 404 valence electrons. The Morgan fingerprint density at radius 3 is 1.27 bits per heavy atom. The van der Waals surface area contributed by atoms with Crippen molar-refractivity contribution in [3.8, 4) is 0 Å². The molecule has 0 bridgehead atoms. The number of unbranched alkanes of at least 4 members (excludes halogenated alkanes) is 24. The summed E-state index contributed by atoms with van der Waals surface area (Å²) >= 11 is 0. The van der Waals surface area contributed by atoms with E-state index in [2.05, 4.69) is 104 Å². The highest BCUT2D eigenvalue weighted by atomic mass is 31.2. The fourth-order valence-corrected chi connectivity index (χ4v) is 8.56. The summed E-state index contributed by atoms with van der Waals surface area (Å²) in [4.78, 5) is 25.5. The van der Waals surface area contributed by atoms with Gasteiger partial charge in [0.1, 0.15) is 13.2 Å². The smallest absolute Gasteiger partial charge is 0.268 e. The maximum absolute atomic E-state index is 13.0. The van der Waals surface area contributed by atoms with E-state index in [-0.39, 0.29) is 19.1 Å². The lowest BCUT2D eigenvalue weighted by molar-refractivity contribution is -0.870. The molecule has 1 amide bonds. The van der Waals surface area contributed by atoms with Crippen LogP contribution in [0.5, 0.6) is 0 Å². The molecule has 8 nitrogen and oxygen atoms in total. The number of allylic oxidation sites excluding steroid dienone is 15. The molecule has 0 spiro atoms. The van der Waals surface area contributed by atoms with Gasteiger partial charge in [-0.2, -0.15) is 0 Å². The Kier molecular flexibility index (Phi) is 49.4. The van der Waals surface area contributed by atoms with Crippen LogP contribution in [0.1, 0.15) is 232 Å². The zero-order valence-corrected chi connectivity index (χ0v) is 46.8. The number of nitrogens with zero attached hydrogens (tertiary/aromatic N) is 1. The molecular formula is C61H109N2O6P. The first-order chi connectivity index (χ1) is 34.0. The van der Waals surface area contributed by atoms with E-state index in [1.165, 1.54) is 128 Å². The fraction of sp³-hybridized carbons (Fsp3) is 0.721. The van der Waals surface area contributed by atoms with Gasteiger partial charge in [0.25, 0.3) is 7.82 Å². The number of likely N-dealkylation sites (N-methyl/N-ethyl adjacent to an activating group) is 1. The molecule has 0 aromatic carbocycles. The van der Waals surface area contributed by atoms with Crippen molar-refractivity contribution in [2.45, 2.75) is 244 Å². The molecule has 2 N–H and O–H groups in total. The number of nitrogens with one attached hydrogen (secondary N) is 1. The van der Waals surface area contributed by atoms with E-state index in [4.69, 9.17) is 9.05 Å². The lowest BCUT2D eigenvalue weighted by Crippen LogP contribution is -2.45. The van der Waals surface area contributed by atoms with Crippen LogP contribution >= 0.6 is 7.82 Å². The summed E-state index contributed by atoms with van der Waals surface area (Å²) in [5.41, 5.74) is 0. The number of hydrogen-bond acceptors (Lipinski definition) is 6. The maximum atomic E-state index is 13.0. The van der Waals surface area contributed by atoms with Gasteiger partial charge in [0.2, 0.25) is 5.91 Å². The van der Waals surface area contributed by atoms with E-state index in [1.807, 2.05) is 27.2 Å². The number of aliphatic hydroxyl groups excluding tert-OH is 1. The topological polar surface area (TPSA) is 108 Å². The number of carbonyl (C=O) groups is 1. The van der Waals surface area contributed by atoms with Gasteiger partial charge >= 0.3 is 0 Å². The Labute approximate surface area is 432 Å². The summed E-state index contributed by atoms with van der Waals surface area (Å²) in [6.45, 7) is 4.53. The van der Waals surface area contributed by atoms with Crippen LogP contribution < -0.4 is 10.2 Å². The summed E-state index contributed by atoms with van der Waals surface area (Å²) in [7, 11) is 1.25. The molecule has 0 radical (unpaired) electrons. The van der Waals surface area contributed by atoms with Gasteiger partial charge in [-0.3, -0.25) is 9.36 Å². The quantitative estimate of drug-likeness (QED) is 0.0272. The minimum atomic E-state index is -4.60. The second kappa shape index (κ2) is 51.3. The van der Waals surface area contributed by atoms with Crippen molar-refractivity contribution >= 4 is 13.7 Å². The number of phosphoric acid groups is 1. The van der Waals surface area contributed by atoms with Crippen molar-refractivity contribution in [2.24, 2.45) is 0 Å². The molecule has 9 heteroatoms. The van der Waals surface area contributed by atoms with E-state index in [1.54, 1.807) is 6.08 Å². The van der Waals surface area contributed by atoms with Gasteiger partial charge in [-0.05, 0) is 77.0 Å². The van der Waals surface area contributed by atoms with E-state index in [9.17, 15) is 19.4 Å². The number of carbonyl (C=O) groups excluding carboxylic acids is 1. The molecule has 0 fully saturated rings. The predicted octanol–water partition coefficient (Wildman–Crippen LogP) is 16.8. The van der Waals surface area contributed by atoms with Crippen LogP contribution in [0.25, 0.3) is 0 Å². The highest BCUT2D eigenvalue weighted by molar-refractivity contribution is 7.45. The van der Waals surface area contributed by atoms with E-state index in [0.29, 0.717) is 17.4 Å². The lowest BCUT2D eigenvalue weighted by Gasteiger charge is -2.29. The van der Waals surface area contributed by atoms with Crippen LogP contribution in [-0.4, -0.2) is 68.5 Å². The van der Waals surface area contributed by atoms with Crippen molar-refractivity contribution in [3.63, 3.8) is 0 Å². The molecule has 0 heterocycles. The zero-order chi connectivity index (χ0) is 51.3. The zero-order valence-electron chi connectivity index (χ0n) is 45.9. The van der Waals surface area contributed by atoms with Gasteiger partial charge in [-0.1, -0.05) is 246 Å². The van der Waals surface area contributed by atoms with Crippen LogP contribution in [0.2, 0.25) is 0 Å². The molecule has 0 aliphatic heterocycles. The van der Waals surface area contributed by atoms with Gasteiger partial charge in [-0.25, -0.2) is 0 Å². The summed E-state index contributed by atoms with van der Waals surface area (Å²) in [6, 6.07) is -0.893. The van der Waals surface area contributed by atoms with Crippen LogP contribution in [0, 0.1) is 0 Å². The third-order valence-electron chi connectivity index (χ3n) is 12.3. The van der Waals surface area contributed by atoms with Crippen molar-refractivity contribution < 1.29 is 32.9 Å². The first-order valence-corrected chi connectivity index (χ1v) is 30.1. The minimum absolute atomic E-state index is 0.00533. The second-order valence-electron chi connectivity index (χ2n) is 20.3. The molecule has 3 atom stereocenters. The van der Waals surface area contributed by atoms with Gasteiger partial charge < -0.3 is 28.8 Å². The largest absolute Gasteiger partial charge is 0.756 e. The number of rotatable bonds is 51. The molecule has 0 rings (SSSR count). The van der Waals surface area contributed by atoms with Crippen molar-refractivity contribution in [1.29, 1.82) is 0 Å². The highest BCUT2D eigenvalue weighted by Crippen LogP contribution is 2.38. The molecule has 0 aromatic heterocycles. The van der Waals surface area contributed by atoms with Gasteiger partial charge in [-0.15, -0.1) is 0 Å². The van der Waals surface area contributed by atoms with Crippen molar-refractivity contribution in [1.82, 2.24) is 5.32 Å². The highest BCUT2D eigenvalue weighted by Gasteiger charge is 2.23. The first kappa shape index (κ1) is 67.4. The predicted molar refractivity (Wildman–Crippen MR) is 302 cm³/mol. The molecule has 0 saturated heterocycles. The third kappa shape index (κ3) is 53.2. The van der Waals surface area contributed by atoms with Crippen molar-refractivity contribution in [2.75, 3.05) is 40.9 Å². The van der Waals surface area contributed by atoms with E-state index >= 15 is 0 Å². The van der Waals surface area contributed by atoms with E-state index in [0.717, 1.165) is 83.5 Å². The summed E-state index contributed by atoms with van der Waals surface area (Å²) in [6.07, 6.45) is 73.3. The Morgan fingerprint density at radius 2 is 0.871 bits per heavy atom. The second-order valence-corrected chi connectivity index (χ2v) is 21.7. The number of quaternary nitrogens is 1. The average molecular weight is 998 g/mol. The molecule has 70 heavy (non-hydrogen) atoms.